The third-order valence-corrected chi connectivity index (χ3v) is 4.18. The number of amides is 1. The van der Waals surface area contributed by atoms with Crippen molar-refractivity contribution < 1.29 is 14.8 Å². The summed E-state index contributed by atoms with van der Waals surface area (Å²) in [6.45, 7) is 0.178. The van der Waals surface area contributed by atoms with Crippen molar-refractivity contribution in [3.63, 3.8) is 0 Å². The van der Waals surface area contributed by atoms with E-state index >= 15 is 0 Å². The Labute approximate surface area is 127 Å². The molecule has 1 amide bonds. The van der Waals surface area contributed by atoms with Crippen molar-refractivity contribution in [3.8, 4) is 0 Å². The van der Waals surface area contributed by atoms with E-state index in [1.807, 2.05) is 0 Å². The number of halogens is 1. The van der Waals surface area contributed by atoms with Crippen LogP contribution in [-0.2, 0) is 0 Å². The van der Waals surface area contributed by atoms with Gasteiger partial charge >= 0.3 is 0 Å². The normalized spacial score (nSPS) is 21.8. The minimum Gasteiger partial charge on any atom is -0.396 e. The summed E-state index contributed by atoms with van der Waals surface area (Å²) >= 11 is 5.94. The fourth-order valence-electron chi connectivity index (χ4n) is 2.55. The molecule has 0 radical (unpaired) electrons. The molecule has 0 saturated heterocycles. The molecule has 0 aromatic heterocycles. The maximum atomic E-state index is 12.2. The lowest BCUT2D eigenvalue weighted by atomic mass is 9.86. The Balaban J connectivity index is 2.03. The van der Waals surface area contributed by atoms with Crippen LogP contribution in [0.15, 0.2) is 18.2 Å². The first-order valence-electron chi connectivity index (χ1n) is 6.87. The molecule has 0 heterocycles. The van der Waals surface area contributed by atoms with Gasteiger partial charge in [-0.3, -0.25) is 14.9 Å². The summed E-state index contributed by atoms with van der Waals surface area (Å²) < 4.78 is 0. The van der Waals surface area contributed by atoms with Gasteiger partial charge in [-0.2, -0.15) is 0 Å². The molecule has 0 bridgehead atoms. The fraction of sp³-hybridized carbons (Fsp3) is 0.500. The number of carbonyl (C=O) groups is 1. The first kappa shape index (κ1) is 15.7. The number of hydrogen-bond acceptors (Lipinski definition) is 4. The number of nitrogens with zero attached hydrogens (tertiary/aromatic N) is 1. The van der Waals surface area contributed by atoms with Crippen LogP contribution < -0.4 is 5.32 Å². The van der Waals surface area contributed by atoms with Gasteiger partial charge in [-0.1, -0.05) is 11.6 Å². The second kappa shape index (κ2) is 6.87. The van der Waals surface area contributed by atoms with Gasteiger partial charge < -0.3 is 10.4 Å². The molecule has 1 aromatic rings. The maximum absolute atomic E-state index is 12.2. The Morgan fingerprint density at radius 1 is 1.38 bits per heavy atom. The average Bonchev–Trinajstić information content (AvgIpc) is 2.48. The van der Waals surface area contributed by atoms with Crippen LogP contribution in [0.1, 0.15) is 36.0 Å². The topological polar surface area (TPSA) is 92.5 Å². The molecule has 1 fully saturated rings. The average molecular weight is 313 g/mol. The largest absolute Gasteiger partial charge is 0.396 e. The summed E-state index contributed by atoms with van der Waals surface area (Å²) in [6, 6.07) is 3.84. The smallest absolute Gasteiger partial charge is 0.270 e. The Bertz CT molecular complexity index is 542. The zero-order valence-electron chi connectivity index (χ0n) is 11.4. The molecular weight excluding hydrogens is 296 g/mol. The van der Waals surface area contributed by atoms with Crippen molar-refractivity contribution in [1.29, 1.82) is 0 Å². The highest BCUT2D eigenvalue weighted by Gasteiger charge is 2.23. The predicted octanol–water partition coefficient (Wildman–Crippen LogP) is 2.53. The highest BCUT2D eigenvalue weighted by atomic mass is 35.5. The van der Waals surface area contributed by atoms with Crippen molar-refractivity contribution in [3.05, 3.63) is 38.9 Å². The van der Waals surface area contributed by atoms with E-state index in [-0.39, 0.29) is 28.9 Å². The fourth-order valence-corrected chi connectivity index (χ4v) is 2.76. The Hall–Kier alpha value is -1.66. The van der Waals surface area contributed by atoms with Crippen LogP contribution in [0, 0.1) is 16.0 Å². The van der Waals surface area contributed by atoms with Gasteiger partial charge in [-0.15, -0.1) is 0 Å². The van der Waals surface area contributed by atoms with Crippen LogP contribution in [0.2, 0.25) is 5.02 Å². The van der Waals surface area contributed by atoms with Gasteiger partial charge in [0.2, 0.25) is 0 Å². The van der Waals surface area contributed by atoms with Gasteiger partial charge in [0, 0.05) is 24.8 Å². The van der Waals surface area contributed by atoms with Gasteiger partial charge in [0.1, 0.15) is 0 Å². The molecule has 21 heavy (non-hydrogen) atoms. The second-order valence-corrected chi connectivity index (χ2v) is 5.70. The predicted molar refractivity (Wildman–Crippen MR) is 78.4 cm³/mol. The number of aliphatic hydroxyl groups is 1. The second-order valence-electron chi connectivity index (χ2n) is 5.29. The number of nitrogens with one attached hydrogen (secondary N) is 1. The first-order chi connectivity index (χ1) is 10.0. The van der Waals surface area contributed by atoms with Crippen molar-refractivity contribution in [2.24, 2.45) is 5.92 Å². The lowest BCUT2D eigenvalue weighted by molar-refractivity contribution is -0.384. The van der Waals surface area contributed by atoms with E-state index < -0.39 is 10.8 Å². The molecular formula is C14H17ClN2O4. The zero-order valence-corrected chi connectivity index (χ0v) is 12.2. The highest BCUT2D eigenvalue weighted by Crippen LogP contribution is 2.25. The lowest BCUT2D eigenvalue weighted by Gasteiger charge is -2.28. The number of rotatable bonds is 4. The van der Waals surface area contributed by atoms with Crippen LogP contribution in [-0.4, -0.2) is 28.6 Å². The van der Waals surface area contributed by atoms with Crippen LogP contribution in [0.4, 0.5) is 5.69 Å². The monoisotopic (exact) mass is 312 g/mol. The minimum atomic E-state index is -0.556. The van der Waals surface area contributed by atoms with E-state index in [4.69, 9.17) is 16.7 Å². The number of carbonyl (C=O) groups excluding carboxylic acids is 1. The summed E-state index contributed by atoms with van der Waals surface area (Å²) in [6.07, 6.45) is 3.32. The molecule has 0 atom stereocenters. The molecule has 0 unspecified atom stereocenters. The molecule has 114 valence electrons. The third-order valence-electron chi connectivity index (χ3n) is 3.85. The van der Waals surface area contributed by atoms with Crippen LogP contribution in [0.25, 0.3) is 0 Å². The van der Waals surface area contributed by atoms with E-state index in [2.05, 4.69) is 5.32 Å². The van der Waals surface area contributed by atoms with Gasteiger partial charge in [0.05, 0.1) is 15.5 Å². The molecule has 7 heteroatoms. The number of nitro benzene ring substituents is 1. The van der Waals surface area contributed by atoms with Gasteiger partial charge in [0.25, 0.3) is 11.6 Å². The van der Waals surface area contributed by atoms with E-state index in [9.17, 15) is 14.9 Å². The Morgan fingerprint density at radius 2 is 2.05 bits per heavy atom. The van der Waals surface area contributed by atoms with E-state index in [1.54, 1.807) is 0 Å². The summed E-state index contributed by atoms with van der Waals surface area (Å²) in [5.74, 6) is -0.0873. The zero-order chi connectivity index (χ0) is 15.4. The molecule has 6 nitrogen and oxygen atoms in total. The molecule has 1 aliphatic rings. The van der Waals surface area contributed by atoms with Crippen molar-refractivity contribution in [2.75, 3.05) is 6.61 Å². The van der Waals surface area contributed by atoms with Crippen LogP contribution in [0.5, 0.6) is 0 Å². The van der Waals surface area contributed by atoms with Crippen molar-refractivity contribution >= 4 is 23.2 Å². The highest BCUT2D eigenvalue weighted by molar-refractivity contribution is 6.33. The van der Waals surface area contributed by atoms with Gasteiger partial charge in [-0.05, 0) is 37.7 Å². The summed E-state index contributed by atoms with van der Waals surface area (Å²) in [5.41, 5.74) is -0.0383. The Morgan fingerprint density at radius 3 is 2.62 bits per heavy atom. The summed E-state index contributed by atoms with van der Waals surface area (Å²) in [7, 11) is 0. The molecule has 1 saturated carbocycles. The molecule has 2 rings (SSSR count). The quantitative estimate of drug-likeness (QED) is 0.660. The van der Waals surface area contributed by atoms with Gasteiger partial charge in [0.15, 0.2) is 0 Å². The number of nitro groups is 1. The molecule has 0 aliphatic heterocycles. The first-order valence-corrected chi connectivity index (χ1v) is 7.24. The van der Waals surface area contributed by atoms with E-state index in [0.717, 1.165) is 25.7 Å². The summed E-state index contributed by atoms with van der Waals surface area (Å²) in [5, 5.41) is 22.9. The molecule has 2 N–H and O–H groups in total. The number of hydrogen-bond donors (Lipinski definition) is 2. The molecule has 1 aromatic carbocycles. The van der Waals surface area contributed by atoms with Crippen molar-refractivity contribution in [1.82, 2.24) is 5.32 Å². The number of non-ortho nitro benzene ring substituents is 1. The van der Waals surface area contributed by atoms with Gasteiger partial charge in [-0.25, -0.2) is 0 Å². The van der Waals surface area contributed by atoms with Crippen LogP contribution >= 0.6 is 11.6 Å². The molecule has 0 spiro atoms. The van der Waals surface area contributed by atoms with Crippen molar-refractivity contribution in [2.45, 2.75) is 31.7 Å². The number of benzene rings is 1. The summed E-state index contributed by atoms with van der Waals surface area (Å²) in [4.78, 5) is 22.4. The van der Waals surface area contributed by atoms with E-state index in [1.165, 1.54) is 18.2 Å². The standard InChI is InChI=1S/C14H17ClN2O4/c15-13-6-5-11(17(20)21)7-12(13)14(19)16-10-3-1-9(8-18)2-4-10/h5-7,9-10,18H,1-4,8H2,(H,16,19). The van der Waals surface area contributed by atoms with Crippen LogP contribution in [0.3, 0.4) is 0 Å². The maximum Gasteiger partial charge on any atom is 0.270 e. The lowest BCUT2D eigenvalue weighted by Crippen LogP contribution is -2.38. The molecule has 1 aliphatic carbocycles. The number of aliphatic hydroxyl groups excluding tert-OH is 1. The minimum absolute atomic E-state index is 0.0237. The third kappa shape index (κ3) is 3.92. The SMILES string of the molecule is O=C(NC1CCC(CO)CC1)c1cc([N+](=O)[O-])ccc1Cl. The Kier molecular flexibility index (Phi) is 5.14. The van der Waals surface area contributed by atoms with E-state index in [0.29, 0.717) is 5.92 Å².